The lowest BCUT2D eigenvalue weighted by molar-refractivity contribution is 0.364. The van der Waals surface area contributed by atoms with Crippen LogP contribution in [0.2, 0.25) is 0 Å². The zero-order chi connectivity index (χ0) is 14.7. The molecule has 2 N–H and O–H groups in total. The van der Waals surface area contributed by atoms with Gasteiger partial charge in [-0.25, -0.2) is 4.68 Å². The lowest BCUT2D eigenvalue weighted by Crippen LogP contribution is -2.01. The van der Waals surface area contributed by atoms with Crippen molar-refractivity contribution in [3.8, 4) is 17.1 Å². The molecule has 0 amide bonds. The summed E-state index contributed by atoms with van der Waals surface area (Å²) >= 11 is 0. The quantitative estimate of drug-likeness (QED) is 0.741. The van der Waals surface area contributed by atoms with Crippen LogP contribution in [0.25, 0.3) is 11.4 Å². The predicted octanol–water partition coefficient (Wildman–Crippen LogP) is 0.844. The summed E-state index contributed by atoms with van der Waals surface area (Å²) in [7, 11) is 1.60. The van der Waals surface area contributed by atoms with Crippen LogP contribution in [-0.4, -0.2) is 32.2 Å². The molecular weight excluding hydrogens is 272 g/mol. The molecule has 3 rings (SSSR count). The third kappa shape index (κ3) is 2.75. The van der Waals surface area contributed by atoms with Crippen LogP contribution in [0.5, 0.6) is 5.75 Å². The lowest BCUT2D eigenvalue weighted by atomic mass is 10.2. The molecule has 0 aliphatic carbocycles. The lowest BCUT2D eigenvalue weighted by Gasteiger charge is -2.02. The number of hydrogen-bond acceptors (Lipinski definition) is 7. The summed E-state index contributed by atoms with van der Waals surface area (Å²) in [6.45, 7) is 0.686. The van der Waals surface area contributed by atoms with Gasteiger partial charge < -0.3 is 15.0 Å². The Kier molecular flexibility index (Phi) is 3.61. The summed E-state index contributed by atoms with van der Waals surface area (Å²) in [5.41, 5.74) is 6.97. The number of nitrogens with zero attached hydrogens (tertiary/aromatic N) is 5. The van der Waals surface area contributed by atoms with E-state index in [4.69, 9.17) is 15.0 Å². The van der Waals surface area contributed by atoms with E-state index in [0.717, 1.165) is 5.56 Å². The summed E-state index contributed by atoms with van der Waals surface area (Å²) in [6, 6.07) is 7.48. The molecule has 21 heavy (non-hydrogen) atoms. The van der Waals surface area contributed by atoms with Crippen LogP contribution in [0.1, 0.15) is 11.6 Å². The van der Waals surface area contributed by atoms with Gasteiger partial charge in [-0.05, 0) is 12.1 Å². The summed E-state index contributed by atoms with van der Waals surface area (Å²) in [6.07, 6.45) is 1.74. The van der Waals surface area contributed by atoms with Gasteiger partial charge >= 0.3 is 0 Å². The number of para-hydroxylation sites is 1. The van der Waals surface area contributed by atoms with E-state index in [2.05, 4.69) is 20.5 Å². The van der Waals surface area contributed by atoms with Crippen LogP contribution in [-0.2, 0) is 13.1 Å². The Morgan fingerprint density at radius 3 is 2.95 bits per heavy atom. The Bertz CT molecular complexity index is 736. The molecule has 0 radical (unpaired) electrons. The molecule has 1 aromatic carbocycles. The average Bonchev–Trinajstić information content (AvgIpc) is 3.17. The average molecular weight is 286 g/mol. The van der Waals surface area contributed by atoms with E-state index in [0.29, 0.717) is 36.2 Å². The highest BCUT2D eigenvalue weighted by Gasteiger charge is 2.13. The van der Waals surface area contributed by atoms with Crippen molar-refractivity contribution in [1.82, 2.24) is 25.1 Å². The van der Waals surface area contributed by atoms with Gasteiger partial charge in [-0.1, -0.05) is 22.5 Å². The summed E-state index contributed by atoms with van der Waals surface area (Å²) in [5.74, 6) is 1.60. The normalized spacial score (nSPS) is 10.8. The molecule has 3 aromatic rings. The molecule has 0 aliphatic rings. The van der Waals surface area contributed by atoms with Crippen molar-refractivity contribution in [1.29, 1.82) is 0 Å². The number of nitrogens with two attached hydrogens (primary N) is 1. The van der Waals surface area contributed by atoms with E-state index in [-0.39, 0.29) is 0 Å². The number of methoxy groups -OCH3 is 1. The molecule has 108 valence electrons. The smallest absolute Gasteiger partial charge is 0.248 e. The predicted molar refractivity (Wildman–Crippen MR) is 73.3 cm³/mol. The second-order valence-electron chi connectivity index (χ2n) is 4.32. The van der Waals surface area contributed by atoms with Gasteiger partial charge in [0.15, 0.2) is 0 Å². The van der Waals surface area contributed by atoms with Gasteiger partial charge in [0, 0.05) is 6.54 Å². The largest absolute Gasteiger partial charge is 0.496 e. The fraction of sp³-hybridized carbons (Fsp3) is 0.231. The maximum Gasteiger partial charge on any atom is 0.248 e. The van der Waals surface area contributed by atoms with E-state index in [1.807, 2.05) is 24.3 Å². The monoisotopic (exact) mass is 286 g/mol. The van der Waals surface area contributed by atoms with Gasteiger partial charge in [-0.15, -0.1) is 5.10 Å². The van der Waals surface area contributed by atoms with Gasteiger partial charge in [0.2, 0.25) is 11.7 Å². The first-order valence-electron chi connectivity index (χ1n) is 6.35. The number of benzene rings is 1. The van der Waals surface area contributed by atoms with Crippen molar-refractivity contribution in [3.63, 3.8) is 0 Å². The molecule has 0 fully saturated rings. The highest BCUT2D eigenvalue weighted by molar-refractivity contribution is 5.63. The van der Waals surface area contributed by atoms with E-state index >= 15 is 0 Å². The first-order chi connectivity index (χ1) is 10.3. The van der Waals surface area contributed by atoms with Crippen molar-refractivity contribution in [2.45, 2.75) is 13.1 Å². The van der Waals surface area contributed by atoms with Crippen molar-refractivity contribution in [3.05, 3.63) is 42.0 Å². The second-order valence-corrected chi connectivity index (χ2v) is 4.32. The molecule has 0 saturated heterocycles. The maximum atomic E-state index is 5.49. The molecule has 0 unspecified atom stereocenters. The van der Waals surface area contributed by atoms with Crippen molar-refractivity contribution in [2.75, 3.05) is 7.11 Å². The van der Waals surface area contributed by atoms with Crippen LogP contribution in [0.3, 0.4) is 0 Å². The molecule has 0 spiro atoms. The minimum Gasteiger partial charge on any atom is -0.496 e. The van der Waals surface area contributed by atoms with Gasteiger partial charge in [0.25, 0.3) is 0 Å². The standard InChI is InChI=1S/C13H14N6O2/c1-20-11-5-3-2-4-10(11)13-15-12(21-17-13)8-19-7-9(6-14)16-18-19/h2-5,7H,6,8,14H2,1H3. The fourth-order valence-electron chi connectivity index (χ4n) is 1.91. The molecule has 8 heteroatoms. The van der Waals surface area contributed by atoms with Crippen molar-refractivity contribution >= 4 is 0 Å². The third-order valence-corrected chi connectivity index (χ3v) is 2.91. The van der Waals surface area contributed by atoms with Gasteiger partial charge in [0.05, 0.1) is 24.6 Å². The van der Waals surface area contributed by atoms with E-state index in [9.17, 15) is 0 Å². The molecular formula is C13H14N6O2. The fourth-order valence-corrected chi connectivity index (χ4v) is 1.91. The first kappa shape index (κ1) is 13.3. The number of hydrogen-bond donors (Lipinski definition) is 1. The van der Waals surface area contributed by atoms with Gasteiger partial charge in [-0.3, -0.25) is 0 Å². The first-order valence-corrected chi connectivity index (χ1v) is 6.35. The zero-order valence-electron chi connectivity index (χ0n) is 11.4. The Balaban J connectivity index is 1.83. The minimum absolute atomic E-state index is 0.342. The van der Waals surface area contributed by atoms with E-state index in [1.54, 1.807) is 18.0 Å². The van der Waals surface area contributed by atoms with Crippen molar-refractivity contribution in [2.24, 2.45) is 5.73 Å². The Labute approximate surface area is 120 Å². The molecule has 0 saturated carbocycles. The van der Waals surface area contributed by atoms with Crippen LogP contribution >= 0.6 is 0 Å². The van der Waals surface area contributed by atoms with Gasteiger partial charge in [-0.2, -0.15) is 4.98 Å². The maximum absolute atomic E-state index is 5.49. The highest BCUT2D eigenvalue weighted by Crippen LogP contribution is 2.27. The molecule has 0 atom stereocenters. The molecule has 8 nitrogen and oxygen atoms in total. The number of aromatic nitrogens is 5. The van der Waals surface area contributed by atoms with Crippen LogP contribution < -0.4 is 10.5 Å². The number of ether oxygens (including phenoxy) is 1. The highest BCUT2D eigenvalue weighted by atomic mass is 16.5. The molecule has 0 bridgehead atoms. The Morgan fingerprint density at radius 2 is 2.19 bits per heavy atom. The number of rotatable bonds is 5. The zero-order valence-corrected chi connectivity index (χ0v) is 11.4. The van der Waals surface area contributed by atoms with E-state index < -0.39 is 0 Å². The van der Waals surface area contributed by atoms with Gasteiger partial charge in [0.1, 0.15) is 12.3 Å². The third-order valence-electron chi connectivity index (χ3n) is 2.91. The Morgan fingerprint density at radius 1 is 1.33 bits per heavy atom. The van der Waals surface area contributed by atoms with Crippen molar-refractivity contribution < 1.29 is 9.26 Å². The Hall–Kier alpha value is -2.74. The minimum atomic E-state index is 0.342. The van der Waals surface area contributed by atoms with Crippen LogP contribution in [0.4, 0.5) is 0 Å². The molecule has 2 heterocycles. The SMILES string of the molecule is COc1ccccc1-c1noc(Cn2cc(CN)nn2)n1. The van der Waals surface area contributed by atoms with Crippen LogP contribution in [0, 0.1) is 0 Å². The van der Waals surface area contributed by atoms with E-state index in [1.165, 1.54) is 0 Å². The summed E-state index contributed by atoms with van der Waals surface area (Å²) in [5, 5.41) is 11.8. The molecule has 2 aromatic heterocycles. The summed E-state index contributed by atoms with van der Waals surface area (Å²) < 4.78 is 12.1. The summed E-state index contributed by atoms with van der Waals surface area (Å²) in [4.78, 5) is 4.34. The second kappa shape index (κ2) is 5.71. The van der Waals surface area contributed by atoms with Crippen LogP contribution in [0.15, 0.2) is 35.0 Å². The topological polar surface area (TPSA) is 105 Å². The molecule has 0 aliphatic heterocycles.